The second-order valence-electron chi connectivity index (χ2n) is 18.5. The predicted molar refractivity (Wildman–Crippen MR) is 298 cm³/mol. The average Bonchev–Trinajstić information content (AvgIpc) is 4.12. The number of halogens is 7. The van der Waals surface area contributed by atoms with Crippen molar-refractivity contribution in [2.45, 2.75) is 103 Å². The third-order valence-electron chi connectivity index (χ3n) is 11.2. The summed E-state index contributed by atoms with van der Waals surface area (Å²) in [5, 5.41) is 4.28. The minimum absolute atomic E-state index is 0. The van der Waals surface area contributed by atoms with Crippen LogP contribution in [0.2, 0.25) is 0 Å². The Morgan fingerprint density at radius 1 is 0.585 bits per heavy atom. The van der Waals surface area contributed by atoms with Crippen LogP contribution in [0.15, 0.2) is 72.8 Å². The smallest absolute Gasteiger partial charge is 0.405 e. The average molecular weight is 1220 g/mol. The first-order valence-electron chi connectivity index (χ1n) is 25.4. The number of carbonyl (C=O) groups excluding carboxylic acids is 7. The molecule has 6 rings (SSSR count). The lowest BCUT2D eigenvalue weighted by atomic mass is 10.1. The van der Waals surface area contributed by atoms with Crippen LogP contribution in [0, 0.1) is 34.9 Å². The molecule has 0 aromatic heterocycles. The Kier molecular flexibility index (Phi) is 31.1. The number of nitrogens with two attached hydrogens (primary N) is 1. The maximum atomic E-state index is 13.8. The van der Waals surface area contributed by atoms with Gasteiger partial charge in [0.25, 0.3) is 11.8 Å². The van der Waals surface area contributed by atoms with Gasteiger partial charge in [0.1, 0.15) is 28.7 Å². The maximum absolute atomic E-state index is 13.8. The summed E-state index contributed by atoms with van der Waals surface area (Å²) >= 11 is 2.70. The van der Waals surface area contributed by atoms with Crippen molar-refractivity contribution in [3.05, 3.63) is 130 Å². The number of esters is 2. The van der Waals surface area contributed by atoms with Gasteiger partial charge in [-0.15, -0.1) is 35.9 Å². The zero-order chi connectivity index (χ0) is 58.9. The first kappa shape index (κ1) is 71.2. The van der Waals surface area contributed by atoms with E-state index >= 15 is 0 Å². The summed E-state index contributed by atoms with van der Waals surface area (Å²) in [5.74, 6) is -6.34. The summed E-state index contributed by atoms with van der Waals surface area (Å²) in [6.07, 6.45) is 0.00378. The normalized spacial score (nSPS) is 14.2. The van der Waals surface area contributed by atoms with Crippen LogP contribution in [0.5, 0.6) is 11.5 Å². The lowest BCUT2D eigenvalue weighted by Crippen LogP contribution is -2.44. The number of aryl methyl sites for hydroxylation is 2. The SMILES string of the molecule is CC(C)(C)OC(N)=O.CCOC(=O)COc1ccc(CNC(=O)C2SCCN2C(=O)CCCc2cc(F)c(F)cc2F)cc1.CCOC(=O)COc1ccc(CNC(=O)C2SCCN2C(=O)CCCc2cc(F)c(F)cc2F)cc1.Cl.N. The molecule has 18 nitrogen and oxygen atoms in total. The van der Waals surface area contributed by atoms with E-state index in [1.807, 2.05) is 0 Å². The van der Waals surface area contributed by atoms with Crippen molar-refractivity contribution >= 4 is 77.6 Å². The van der Waals surface area contributed by atoms with Gasteiger partial charge in [0, 0.05) is 62.7 Å². The Labute approximate surface area is 486 Å². The molecule has 0 bridgehead atoms. The van der Waals surface area contributed by atoms with Crippen LogP contribution < -0.4 is 32.0 Å². The first-order valence-corrected chi connectivity index (χ1v) is 27.5. The zero-order valence-corrected chi connectivity index (χ0v) is 48.4. The summed E-state index contributed by atoms with van der Waals surface area (Å²) in [6.45, 7) is 10.2. The van der Waals surface area contributed by atoms with E-state index < -0.39 is 69.3 Å². The van der Waals surface area contributed by atoms with E-state index in [9.17, 15) is 59.9 Å². The van der Waals surface area contributed by atoms with Crippen molar-refractivity contribution in [3.8, 4) is 11.5 Å². The Morgan fingerprint density at radius 2 is 0.939 bits per heavy atom. The summed E-state index contributed by atoms with van der Waals surface area (Å²) in [4.78, 5) is 86.5. The van der Waals surface area contributed by atoms with Crippen molar-refractivity contribution in [1.82, 2.24) is 26.6 Å². The molecule has 27 heteroatoms. The molecule has 2 aliphatic rings. The molecule has 4 aromatic carbocycles. The van der Waals surface area contributed by atoms with Gasteiger partial charge in [-0.05, 0) is 119 Å². The van der Waals surface area contributed by atoms with Crippen molar-refractivity contribution in [3.63, 3.8) is 0 Å². The van der Waals surface area contributed by atoms with E-state index in [2.05, 4.69) is 15.4 Å². The number of hydrogen-bond acceptors (Lipinski definition) is 15. The second-order valence-corrected chi connectivity index (χ2v) is 20.9. The number of ether oxygens (including phenoxy) is 5. The molecule has 2 atom stereocenters. The van der Waals surface area contributed by atoms with E-state index in [1.54, 1.807) is 83.1 Å². The third-order valence-corrected chi connectivity index (χ3v) is 13.6. The monoisotopic (exact) mass is 1220 g/mol. The fraction of sp³-hybridized carbons (Fsp3) is 0.436. The predicted octanol–water partition coefficient (Wildman–Crippen LogP) is 8.64. The molecule has 7 N–H and O–H groups in total. The lowest BCUT2D eigenvalue weighted by Gasteiger charge is -2.23. The van der Waals surface area contributed by atoms with Crippen molar-refractivity contribution in [2.24, 2.45) is 5.73 Å². The highest BCUT2D eigenvalue weighted by Crippen LogP contribution is 2.28. The highest BCUT2D eigenvalue weighted by Gasteiger charge is 2.35. The van der Waals surface area contributed by atoms with Crippen molar-refractivity contribution in [2.75, 3.05) is 51.0 Å². The van der Waals surface area contributed by atoms with Gasteiger partial charge in [0.05, 0.1) is 13.2 Å². The number of amides is 5. The number of carbonyl (C=O) groups is 7. The quantitative estimate of drug-likeness (QED) is 0.0249. The zero-order valence-electron chi connectivity index (χ0n) is 46.0. The molecular weight excluding hydrogens is 1150 g/mol. The van der Waals surface area contributed by atoms with Gasteiger partial charge < -0.3 is 56.0 Å². The van der Waals surface area contributed by atoms with E-state index in [0.29, 0.717) is 48.2 Å². The standard InChI is InChI=1S/2C25H27F3N2O5S.C5H11NO2.ClH.H3N/c2*1-2-34-23(32)15-35-18-8-6-16(7-9-18)14-29-24(33)25-30(10-11-36-25)22(31)5-3-4-17-12-20(27)21(28)13-19(17)26;1-5(2,3)8-4(6)7;;/h2*6-9,12-13,25H,2-5,10-11,14-15H2,1H3,(H,29,33);1-3H3,(H2,6,7);1H;1H3. The highest BCUT2D eigenvalue weighted by molar-refractivity contribution is 8.01. The summed E-state index contributed by atoms with van der Waals surface area (Å²) < 4.78 is 105. The molecule has 0 spiro atoms. The van der Waals surface area contributed by atoms with Crippen molar-refractivity contribution < 1.29 is 83.6 Å². The maximum Gasteiger partial charge on any atom is 0.405 e. The fourth-order valence-corrected chi connectivity index (χ4v) is 9.82. The molecule has 0 saturated carbocycles. The highest BCUT2D eigenvalue weighted by atomic mass is 35.5. The molecular formula is C55H69ClF6N6O12S2. The number of thioether (sulfide) groups is 2. The lowest BCUT2D eigenvalue weighted by molar-refractivity contribution is -0.146. The first-order chi connectivity index (χ1) is 38.0. The van der Waals surface area contributed by atoms with E-state index in [-0.39, 0.29) is 131 Å². The van der Waals surface area contributed by atoms with E-state index in [1.165, 1.54) is 33.3 Å². The van der Waals surface area contributed by atoms with E-state index in [4.69, 9.17) is 24.7 Å². The molecule has 5 amide bonds. The van der Waals surface area contributed by atoms with Gasteiger partial charge in [-0.3, -0.25) is 19.2 Å². The van der Waals surface area contributed by atoms with E-state index in [0.717, 1.165) is 23.3 Å². The van der Waals surface area contributed by atoms with Gasteiger partial charge >= 0.3 is 18.0 Å². The minimum atomic E-state index is -1.26. The molecule has 2 unspecified atom stereocenters. The number of primary amides is 1. The number of nitrogens with zero attached hydrogens (tertiary/aromatic N) is 2. The Bertz CT molecular complexity index is 2580. The molecule has 2 aliphatic heterocycles. The molecule has 2 fully saturated rings. The van der Waals surface area contributed by atoms with Crippen LogP contribution in [0.25, 0.3) is 0 Å². The Morgan fingerprint density at radius 3 is 1.26 bits per heavy atom. The number of rotatable bonds is 22. The van der Waals surface area contributed by atoms with Crippen LogP contribution in [-0.2, 0) is 68.9 Å². The Balaban J connectivity index is 0.000000483. The minimum Gasteiger partial charge on any atom is -0.482 e. The number of benzene rings is 4. The molecule has 4 aromatic rings. The van der Waals surface area contributed by atoms with Gasteiger partial charge in [0.2, 0.25) is 11.8 Å². The van der Waals surface area contributed by atoms with Gasteiger partial charge in [-0.1, -0.05) is 24.3 Å². The number of nitrogens with one attached hydrogen (secondary N) is 2. The molecule has 0 radical (unpaired) electrons. The summed E-state index contributed by atoms with van der Waals surface area (Å²) in [6, 6.07) is 16.3. The summed E-state index contributed by atoms with van der Waals surface area (Å²) in [7, 11) is 0. The van der Waals surface area contributed by atoms with Crippen LogP contribution in [0.1, 0.15) is 82.6 Å². The topological polar surface area (TPSA) is 257 Å². The van der Waals surface area contributed by atoms with Gasteiger partial charge in [-0.2, -0.15) is 0 Å². The van der Waals surface area contributed by atoms with Gasteiger partial charge in [0.15, 0.2) is 47.2 Å². The number of hydrogen-bond donors (Lipinski definition) is 4. The van der Waals surface area contributed by atoms with Crippen LogP contribution in [-0.4, -0.2) is 119 Å². The Hall–Kier alpha value is -6.90. The van der Waals surface area contributed by atoms with Crippen LogP contribution in [0.4, 0.5) is 31.1 Å². The second kappa shape index (κ2) is 35.8. The van der Waals surface area contributed by atoms with Crippen LogP contribution >= 0.6 is 35.9 Å². The third kappa shape index (κ3) is 24.7. The summed E-state index contributed by atoms with van der Waals surface area (Å²) in [5.41, 5.74) is 5.89. The molecule has 2 heterocycles. The largest absolute Gasteiger partial charge is 0.482 e. The molecule has 82 heavy (non-hydrogen) atoms. The molecule has 2 saturated heterocycles. The molecule has 452 valence electrons. The fourth-order valence-electron chi connectivity index (χ4n) is 7.49. The van der Waals surface area contributed by atoms with Gasteiger partial charge in [-0.25, -0.2) is 40.7 Å². The van der Waals surface area contributed by atoms with Crippen LogP contribution in [0.3, 0.4) is 0 Å². The molecule has 0 aliphatic carbocycles. The van der Waals surface area contributed by atoms with Crippen molar-refractivity contribution in [1.29, 1.82) is 0 Å².